The van der Waals surface area contributed by atoms with Crippen molar-refractivity contribution in [1.82, 2.24) is 0 Å². The van der Waals surface area contributed by atoms with Crippen molar-refractivity contribution >= 4 is 0 Å². The summed E-state index contributed by atoms with van der Waals surface area (Å²) in [5.74, 6) is -2.56. The number of halogens is 4. The number of unbranched alkanes of at least 4 members (excludes halogenated alkanes) is 2. The van der Waals surface area contributed by atoms with Crippen LogP contribution in [-0.4, -0.2) is 0 Å². The normalized spacial score (nSPS) is 18.1. The zero-order valence-electron chi connectivity index (χ0n) is 20.6. The van der Waals surface area contributed by atoms with Crippen LogP contribution in [-0.2, 0) is 6.42 Å². The van der Waals surface area contributed by atoms with Crippen LogP contribution in [0.2, 0.25) is 0 Å². The van der Waals surface area contributed by atoms with E-state index in [1.165, 1.54) is 25.7 Å². The number of benzene rings is 3. The van der Waals surface area contributed by atoms with Crippen molar-refractivity contribution in [3.63, 3.8) is 0 Å². The van der Waals surface area contributed by atoms with E-state index in [0.717, 1.165) is 25.7 Å². The molecular formula is C31H34F4. The lowest BCUT2D eigenvalue weighted by atomic mass is 9.76. The number of hydrogen-bond donors (Lipinski definition) is 0. The van der Waals surface area contributed by atoms with E-state index < -0.39 is 23.3 Å². The molecular weight excluding hydrogens is 448 g/mol. The third-order valence-electron chi connectivity index (χ3n) is 7.66. The summed E-state index contributed by atoms with van der Waals surface area (Å²) in [5, 5.41) is 0. The van der Waals surface area contributed by atoms with Gasteiger partial charge in [0.1, 0.15) is 0 Å². The summed E-state index contributed by atoms with van der Waals surface area (Å²) in [6, 6.07) is 13.0. The standard InChI is InChI=1S/C31H34F4/c1-3-5-6-7-20-8-10-22(11-9-20)26-18-19-27(31(35)30(26)34)24-14-12-23(13-15-24)25-17-16-21(4-2)28(32)29(25)33/h12-20,22H,3-11H2,1-2H3. The van der Waals surface area contributed by atoms with Crippen LogP contribution in [0.1, 0.15) is 82.3 Å². The Hall–Kier alpha value is -2.62. The average molecular weight is 483 g/mol. The van der Waals surface area contributed by atoms with E-state index >= 15 is 8.78 Å². The van der Waals surface area contributed by atoms with Crippen LogP contribution >= 0.6 is 0 Å². The number of hydrogen-bond acceptors (Lipinski definition) is 0. The van der Waals surface area contributed by atoms with Crippen LogP contribution < -0.4 is 0 Å². The Morgan fingerprint density at radius 2 is 1.20 bits per heavy atom. The minimum absolute atomic E-state index is 0.0623. The maximum Gasteiger partial charge on any atom is 0.166 e. The van der Waals surface area contributed by atoms with Crippen molar-refractivity contribution < 1.29 is 17.6 Å². The molecule has 0 aliphatic heterocycles. The van der Waals surface area contributed by atoms with Gasteiger partial charge in [0.05, 0.1) is 0 Å². The molecule has 1 saturated carbocycles. The summed E-state index contributed by atoms with van der Waals surface area (Å²) >= 11 is 0. The molecule has 0 aromatic heterocycles. The molecule has 0 bridgehead atoms. The van der Waals surface area contributed by atoms with Gasteiger partial charge >= 0.3 is 0 Å². The zero-order chi connectivity index (χ0) is 24.9. The Labute approximate surface area is 206 Å². The van der Waals surface area contributed by atoms with Gasteiger partial charge in [-0.2, -0.15) is 0 Å². The SMILES string of the molecule is CCCCCC1CCC(c2ccc(-c3ccc(-c4ccc(CC)c(F)c4F)cc3)c(F)c2F)CC1. The lowest BCUT2D eigenvalue weighted by Crippen LogP contribution is -2.15. The molecule has 0 spiro atoms. The molecule has 0 unspecified atom stereocenters. The Kier molecular flexibility index (Phi) is 8.30. The first kappa shape index (κ1) is 25.5. The summed E-state index contributed by atoms with van der Waals surface area (Å²) in [6.45, 7) is 3.98. The monoisotopic (exact) mass is 482 g/mol. The maximum atomic E-state index is 15.1. The Morgan fingerprint density at radius 3 is 1.77 bits per heavy atom. The minimum Gasteiger partial charge on any atom is -0.203 e. The fourth-order valence-corrected chi connectivity index (χ4v) is 5.46. The summed E-state index contributed by atoms with van der Waals surface area (Å²) in [7, 11) is 0. The first-order chi connectivity index (χ1) is 16.9. The van der Waals surface area contributed by atoms with Gasteiger partial charge in [-0.1, -0.05) is 88.1 Å². The van der Waals surface area contributed by atoms with E-state index in [1.54, 1.807) is 55.5 Å². The highest BCUT2D eigenvalue weighted by Crippen LogP contribution is 2.40. The van der Waals surface area contributed by atoms with Gasteiger partial charge in [-0.3, -0.25) is 0 Å². The lowest BCUT2D eigenvalue weighted by molar-refractivity contribution is 0.298. The van der Waals surface area contributed by atoms with Gasteiger partial charge in [0, 0.05) is 11.1 Å². The molecule has 4 heteroatoms. The van der Waals surface area contributed by atoms with Gasteiger partial charge in [0.25, 0.3) is 0 Å². The number of rotatable bonds is 8. The summed E-state index contributed by atoms with van der Waals surface area (Å²) in [6.07, 6.45) is 9.35. The smallest absolute Gasteiger partial charge is 0.166 e. The number of aryl methyl sites for hydroxylation is 1. The Morgan fingerprint density at radius 1 is 0.629 bits per heavy atom. The van der Waals surface area contributed by atoms with Crippen LogP contribution in [0.25, 0.3) is 22.3 Å². The molecule has 0 N–H and O–H groups in total. The van der Waals surface area contributed by atoms with Crippen LogP contribution in [0.3, 0.4) is 0 Å². The first-order valence-corrected chi connectivity index (χ1v) is 13.0. The molecule has 0 radical (unpaired) electrons. The highest BCUT2D eigenvalue weighted by molar-refractivity contribution is 5.71. The van der Waals surface area contributed by atoms with Crippen LogP contribution in [0.4, 0.5) is 17.6 Å². The molecule has 4 rings (SSSR count). The Balaban J connectivity index is 1.50. The summed E-state index contributed by atoms with van der Waals surface area (Å²) in [4.78, 5) is 0. The van der Waals surface area contributed by atoms with E-state index in [4.69, 9.17) is 0 Å². The van der Waals surface area contributed by atoms with Gasteiger partial charge in [0.15, 0.2) is 23.3 Å². The first-order valence-electron chi connectivity index (χ1n) is 13.0. The molecule has 0 atom stereocenters. The molecule has 0 heterocycles. The predicted octanol–water partition coefficient (Wildman–Crippen LogP) is 9.99. The quantitative estimate of drug-likeness (QED) is 0.221. The topological polar surface area (TPSA) is 0 Å². The fraction of sp³-hybridized carbons (Fsp3) is 0.419. The molecule has 0 saturated heterocycles. The van der Waals surface area contributed by atoms with Gasteiger partial charge < -0.3 is 0 Å². The Bertz CT molecular complexity index is 1140. The third-order valence-corrected chi connectivity index (χ3v) is 7.66. The van der Waals surface area contributed by atoms with Crippen molar-refractivity contribution in [2.24, 2.45) is 5.92 Å². The van der Waals surface area contributed by atoms with E-state index in [2.05, 4.69) is 6.92 Å². The molecule has 3 aromatic carbocycles. The maximum absolute atomic E-state index is 15.1. The molecule has 35 heavy (non-hydrogen) atoms. The van der Waals surface area contributed by atoms with E-state index in [-0.39, 0.29) is 17.0 Å². The van der Waals surface area contributed by atoms with Crippen molar-refractivity contribution in [3.05, 3.63) is 82.9 Å². The second-order valence-corrected chi connectivity index (χ2v) is 9.87. The summed E-state index contributed by atoms with van der Waals surface area (Å²) < 4.78 is 59.0. The highest BCUT2D eigenvalue weighted by Gasteiger charge is 2.26. The largest absolute Gasteiger partial charge is 0.203 e. The van der Waals surface area contributed by atoms with Gasteiger partial charge in [-0.05, 0) is 66.2 Å². The molecule has 1 aliphatic rings. The molecule has 186 valence electrons. The van der Waals surface area contributed by atoms with E-state index in [9.17, 15) is 8.78 Å². The molecule has 1 fully saturated rings. The van der Waals surface area contributed by atoms with Gasteiger partial charge in [-0.15, -0.1) is 0 Å². The van der Waals surface area contributed by atoms with Crippen LogP contribution in [0.5, 0.6) is 0 Å². The zero-order valence-corrected chi connectivity index (χ0v) is 20.6. The highest BCUT2D eigenvalue weighted by atomic mass is 19.2. The van der Waals surface area contributed by atoms with Crippen LogP contribution in [0.15, 0.2) is 48.5 Å². The molecule has 0 amide bonds. The summed E-state index contributed by atoms with van der Waals surface area (Å²) in [5.41, 5.74) is 2.12. The second-order valence-electron chi connectivity index (χ2n) is 9.87. The van der Waals surface area contributed by atoms with Crippen LogP contribution in [0, 0.1) is 29.2 Å². The van der Waals surface area contributed by atoms with Crippen molar-refractivity contribution in [2.75, 3.05) is 0 Å². The second kappa shape index (κ2) is 11.4. The average Bonchev–Trinajstić information content (AvgIpc) is 2.88. The molecule has 0 nitrogen and oxygen atoms in total. The van der Waals surface area contributed by atoms with E-state index in [0.29, 0.717) is 34.6 Å². The van der Waals surface area contributed by atoms with Crippen molar-refractivity contribution in [1.29, 1.82) is 0 Å². The van der Waals surface area contributed by atoms with Gasteiger partial charge in [-0.25, -0.2) is 17.6 Å². The minimum atomic E-state index is -0.890. The molecule has 3 aromatic rings. The fourth-order valence-electron chi connectivity index (χ4n) is 5.46. The lowest BCUT2D eigenvalue weighted by Gasteiger charge is -2.29. The van der Waals surface area contributed by atoms with Crippen molar-refractivity contribution in [3.8, 4) is 22.3 Å². The molecule has 1 aliphatic carbocycles. The van der Waals surface area contributed by atoms with E-state index in [1.807, 2.05) is 0 Å². The third kappa shape index (κ3) is 5.47. The van der Waals surface area contributed by atoms with Crippen molar-refractivity contribution in [2.45, 2.75) is 77.6 Å². The van der Waals surface area contributed by atoms with Gasteiger partial charge in [0.2, 0.25) is 0 Å². The predicted molar refractivity (Wildman–Crippen MR) is 135 cm³/mol.